The third-order valence-electron chi connectivity index (χ3n) is 17.4. The molecule has 3 heterocycles. The van der Waals surface area contributed by atoms with E-state index in [2.05, 4.69) is 41.5 Å². The predicted molar refractivity (Wildman–Crippen MR) is 200 cm³/mol. The van der Waals surface area contributed by atoms with E-state index in [0.717, 1.165) is 32.1 Å². The minimum atomic E-state index is -1.66. The van der Waals surface area contributed by atoms with Crippen LogP contribution < -0.4 is 0 Å². The topological polar surface area (TPSA) is 228 Å². The maximum absolute atomic E-state index is 12.3. The standard InChI is InChI=1S/C42H72O14/c1-19-28(46)30(48)31(49)35(52-19)55-33-29(47)23(18-43)53-36(32(33)50)54-26-12-13-39(6)24(37(26,2)3)11-15-40(7)25(39)16-21(44)27-20(10-14-41(27,40)8)42(9)17-22(45)34(56-42)38(4,5)51/h19-36,43-51H,10-18H2,1-9H3/t19-,20-,21+,22-,23+,24-,25+,26-,27-,28-,29+,30+,31+,32+,33-,34-,35-,36-,39-,40+,41+,42-/m0/s1. The Bertz CT molecular complexity index is 1430. The van der Waals surface area contributed by atoms with E-state index in [1.807, 2.05) is 0 Å². The summed E-state index contributed by atoms with van der Waals surface area (Å²) in [4.78, 5) is 0. The first-order valence-electron chi connectivity index (χ1n) is 21.2. The van der Waals surface area contributed by atoms with Crippen LogP contribution in [-0.2, 0) is 23.7 Å². The van der Waals surface area contributed by atoms with Crippen molar-refractivity contribution in [2.24, 2.45) is 45.3 Å². The number of rotatable bonds is 7. The van der Waals surface area contributed by atoms with E-state index < -0.39 is 103 Å². The second kappa shape index (κ2) is 14.5. The largest absolute Gasteiger partial charge is 0.394 e. The van der Waals surface area contributed by atoms with Crippen molar-refractivity contribution in [1.82, 2.24) is 0 Å². The highest BCUT2D eigenvalue weighted by atomic mass is 16.7. The van der Waals surface area contributed by atoms with Crippen molar-refractivity contribution in [2.75, 3.05) is 6.61 Å². The smallest absolute Gasteiger partial charge is 0.187 e. The third kappa shape index (κ3) is 6.49. The Balaban J connectivity index is 1.09. The van der Waals surface area contributed by atoms with Gasteiger partial charge in [0.25, 0.3) is 0 Å². The van der Waals surface area contributed by atoms with E-state index in [-0.39, 0.29) is 46.0 Å². The van der Waals surface area contributed by atoms with Crippen molar-refractivity contribution in [3.63, 3.8) is 0 Å². The molecule has 3 saturated heterocycles. The molecule has 0 aromatic heterocycles. The molecular weight excluding hydrogens is 728 g/mol. The van der Waals surface area contributed by atoms with Crippen molar-refractivity contribution in [2.45, 2.75) is 211 Å². The van der Waals surface area contributed by atoms with Crippen molar-refractivity contribution in [1.29, 1.82) is 0 Å². The fourth-order valence-corrected chi connectivity index (χ4v) is 14.2. The van der Waals surface area contributed by atoms with E-state index in [9.17, 15) is 46.0 Å². The SMILES string of the molecule is C[C@@H]1O[C@@H](O[C@@H]2[C@@H](O)[C@H](O[C@H]3CC[C@]4(C)[C@H]5C[C@@H](O)[C@@H]6[C@@H]([C@]7(C)C[C@H](O)[C@@H](C(C)(C)O)O7)CC[C@@]6(C)[C@]5(C)CC[C@H]4C3(C)C)O[C@H](CO)[C@H]2O)[C@H](O)[C@H](O)[C@H]1O. The zero-order valence-corrected chi connectivity index (χ0v) is 34.8. The number of hydrogen-bond acceptors (Lipinski definition) is 14. The number of ether oxygens (including phenoxy) is 5. The van der Waals surface area contributed by atoms with Crippen LogP contribution >= 0.6 is 0 Å². The quantitative estimate of drug-likeness (QED) is 0.166. The number of aliphatic hydroxyl groups is 9. The molecule has 0 aromatic rings. The Hall–Kier alpha value is -0.560. The number of hydrogen-bond donors (Lipinski definition) is 9. The molecule has 0 aromatic carbocycles. The van der Waals surface area contributed by atoms with Gasteiger partial charge < -0.3 is 69.6 Å². The van der Waals surface area contributed by atoms with E-state index in [1.165, 1.54) is 6.92 Å². The molecule has 7 rings (SSSR count). The van der Waals surface area contributed by atoms with Crippen LogP contribution in [0.15, 0.2) is 0 Å². The summed E-state index contributed by atoms with van der Waals surface area (Å²) in [5, 5.41) is 98.1. The van der Waals surface area contributed by atoms with Crippen LogP contribution in [-0.4, -0.2) is 150 Å². The fraction of sp³-hybridized carbons (Fsp3) is 1.00. The van der Waals surface area contributed by atoms with Gasteiger partial charge in [-0.05, 0) is 118 Å². The molecule has 22 atom stereocenters. The molecule has 0 spiro atoms. The van der Waals surface area contributed by atoms with Crippen molar-refractivity contribution in [3.05, 3.63) is 0 Å². The van der Waals surface area contributed by atoms with E-state index in [4.69, 9.17) is 23.7 Å². The molecule has 4 aliphatic carbocycles. The summed E-state index contributed by atoms with van der Waals surface area (Å²) < 4.78 is 30.7. The van der Waals surface area contributed by atoms with Crippen LogP contribution in [0.1, 0.15) is 114 Å². The van der Waals surface area contributed by atoms with E-state index >= 15 is 0 Å². The zero-order chi connectivity index (χ0) is 41.3. The van der Waals surface area contributed by atoms with Gasteiger partial charge in [-0.1, -0.05) is 34.6 Å². The molecule has 56 heavy (non-hydrogen) atoms. The molecule has 0 radical (unpaired) electrons. The zero-order valence-electron chi connectivity index (χ0n) is 34.8. The van der Waals surface area contributed by atoms with Crippen molar-refractivity contribution in [3.8, 4) is 0 Å². The third-order valence-corrected chi connectivity index (χ3v) is 17.4. The molecular formula is C42H72O14. The van der Waals surface area contributed by atoms with Gasteiger partial charge >= 0.3 is 0 Å². The number of fused-ring (bicyclic) bond motifs is 5. The van der Waals surface area contributed by atoms with E-state index in [1.54, 1.807) is 13.8 Å². The molecule has 0 bridgehead atoms. The molecule has 7 aliphatic rings. The molecule has 4 saturated carbocycles. The molecule has 9 N–H and O–H groups in total. The second-order valence-electron chi connectivity index (χ2n) is 21.2. The van der Waals surface area contributed by atoms with Crippen LogP contribution in [0.3, 0.4) is 0 Å². The van der Waals surface area contributed by atoms with Gasteiger partial charge in [0.2, 0.25) is 0 Å². The Morgan fingerprint density at radius 1 is 0.696 bits per heavy atom. The molecule has 7 fully saturated rings. The molecule has 324 valence electrons. The lowest BCUT2D eigenvalue weighted by Crippen LogP contribution is -2.67. The van der Waals surface area contributed by atoms with Gasteiger partial charge in [-0.15, -0.1) is 0 Å². The van der Waals surface area contributed by atoms with Crippen LogP contribution in [0, 0.1) is 45.3 Å². The van der Waals surface area contributed by atoms with Gasteiger partial charge in [0.05, 0.1) is 42.2 Å². The van der Waals surface area contributed by atoms with E-state index in [0.29, 0.717) is 19.3 Å². The van der Waals surface area contributed by atoms with Gasteiger partial charge in [-0.2, -0.15) is 0 Å². The Morgan fingerprint density at radius 3 is 1.96 bits per heavy atom. The first-order chi connectivity index (χ1) is 25.9. The maximum Gasteiger partial charge on any atom is 0.187 e. The molecule has 14 heteroatoms. The maximum atomic E-state index is 12.3. The Labute approximate surface area is 331 Å². The fourth-order valence-electron chi connectivity index (χ4n) is 14.2. The molecule has 14 nitrogen and oxygen atoms in total. The van der Waals surface area contributed by atoms with Crippen LogP contribution in [0.5, 0.6) is 0 Å². The van der Waals surface area contributed by atoms with Gasteiger partial charge in [0.15, 0.2) is 12.6 Å². The van der Waals surface area contributed by atoms with Gasteiger partial charge in [-0.25, -0.2) is 0 Å². The summed E-state index contributed by atoms with van der Waals surface area (Å²) in [5.41, 5.74) is -2.66. The normalized spacial score (nSPS) is 57.3. The van der Waals surface area contributed by atoms with Crippen LogP contribution in [0.2, 0.25) is 0 Å². The first kappa shape index (κ1) is 43.5. The summed E-state index contributed by atoms with van der Waals surface area (Å²) in [5.74, 6) is 0.442. The molecule has 0 unspecified atom stereocenters. The van der Waals surface area contributed by atoms with Crippen LogP contribution in [0.25, 0.3) is 0 Å². The highest BCUT2D eigenvalue weighted by Gasteiger charge is 2.72. The number of aliphatic hydroxyl groups excluding tert-OH is 8. The average molecular weight is 801 g/mol. The predicted octanol–water partition coefficient (Wildman–Crippen LogP) is 1.36. The lowest BCUT2D eigenvalue weighted by Gasteiger charge is -2.70. The molecule has 0 amide bonds. The van der Waals surface area contributed by atoms with Crippen molar-refractivity contribution >= 4 is 0 Å². The summed E-state index contributed by atoms with van der Waals surface area (Å²) >= 11 is 0. The monoisotopic (exact) mass is 800 g/mol. The minimum absolute atomic E-state index is 0.0130. The summed E-state index contributed by atoms with van der Waals surface area (Å²) in [7, 11) is 0. The van der Waals surface area contributed by atoms with Gasteiger partial charge in [0.1, 0.15) is 48.8 Å². The van der Waals surface area contributed by atoms with Gasteiger partial charge in [0, 0.05) is 6.42 Å². The van der Waals surface area contributed by atoms with Gasteiger partial charge in [-0.3, -0.25) is 0 Å². The van der Waals surface area contributed by atoms with Crippen LogP contribution in [0.4, 0.5) is 0 Å². The summed E-state index contributed by atoms with van der Waals surface area (Å²) in [6, 6.07) is 0. The highest BCUT2D eigenvalue weighted by molar-refractivity contribution is 5.21. The summed E-state index contributed by atoms with van der Waals surface area (Å²) in [6.07, 6.45) is -10.1. The lowest BCUT2D eigenvalue weighted by molar-refractivity contribution is -0.368. The lowest BCUT2D eigenvalue weighted by atomic mass is 9.35. The highest BCUT2D eigenvalue weighted by Crippen LogP contribution is 2.76. The van der Waals surface area contributed by atoms with Crippen molar-refractivity contribution < 1.29 is 69.6 Å². The second-order valence-corrected chi connectivity index (χ2v) is 21.2. The Kier molecular flexibility index (Phi) is 11.3. The minimum Gasteiger partial charge on any atom is -0.394 e. The summed E-state index contributed by atoms with van der Waals surface area (Å²) in [6.45, 7) is 17.9. The first-order valence-corrected chi connectivity index (χ1v) is 21.2. The average Bonchev–Trinajstić information content (AvgIpc) is 3.66. The molecule has 3 aliphatic heterocycles. The Morgan fingerprint density at radius 2 is 1.34 bits per heavy atom.